The zero-order valence-corrected chi connectivity index (χ0v) is 17.1. The van der Waals surface area contributed by atoms with Crippen LogP contribution in [0.1, 0.15) is 28.8 Å². The molecule has 4 rings (SSSR count). The van der Waals surface area contributed by atoms with E-state index in [1.807, 2.05) is 36.5 Å². The number of H-pyrrole nitrogens is 1. The van der Waals surface area contributed by atoms with Gasteiger partial charge in [-0.1, -0.05) is 12.1 Å². The lowest BCUT2D eigenvalue weighted by Gasteiger charge is -2.38. The van der Waals surface area contributed by atoms with Crippen LogP contribution in [0.4, 0.5) is 0 Å². The van der Waals surface area contributed by atoms with Crippen molar-refractivity contribution in [3.05, 3.63) is 66.1 Å². The number of sulfonamides is 1. The molecular formula is C21H24N4O3S. The Balaban J connectivity index is 1.57. The smallest absolute Gasteiger partial charge is 0.254 e. The summed E-state index contributed by atoms with van der Waals surface area (Å²) < 4.78 is 26.5. The number of hydrogen-bond acceptors (Lipinski definition) is 4. The van der Waals surface area contributed by atoms with E-state index in [4.69, 9.17) is 0 Å². The molecule has 1 fully saturated rings. The Bertz CT molecular complexity index is 1110. The number of carbonyl (C=O) groups excluding carboxylic acids is 1. The van der Waals surface area contributed by atoms with Gasteiger partial charge in [0.2, 0.25) is 10.0 Å². The Morgan fingerprint density at radius 1 is 1.28 bits per heavy atom. The van der Waals surface area contributed by atoms with Crippen molar-refractivity contribution >= 4 is 26.8 Å². The van der Waals surface area contributed by atoms with Gasteiger partial charge in [-0.25, -0.2) is 8.42 Å². The molecule has 2 aromatic heterocycles. The third kappa shape index (κ3) is 4.18. The molecule has 152 valence electrons. The first-order valence-corrected chi connectivity index (χ1v) is 11.5. The highest BCUT2D eigenvalue weighted by Crippen LogP contribution is 2.24. The van der Waals surface area contributed by atoms with Crippen molar-refractivity contribution in [2.75, 3.05) is 19.3 Å². The number of piperidine rings is 1. The predicted octanol–water partition coefficient (Wildman–Crippen LogP) is 2.63. The van der Waals surface area contributed by atoms with E-state index < -0.39 is 10.0 Å². The van der Waals surface area contributed by atoms with E-state index >= 15 is 0 Å². The van der Waals surface area contributed by atoms with Crippen LogP contribution in [0.25, 0.3) is 10.9 Å². The molecule has 1 aliphatic heterocycles. The molecule has 1 saturated heterocycles. The second-order valence-electron chi connectivity index (χ2n) is 7.46. The van der Waals surface area contributed by atoms with Crippen LogP contribution in [0.15, 0.2) is 55.0 Å². The fourth-order valence-corrected chi connectivity index (χ4v) is 5.10. The molecule has 0 radical (unpaired) electrons. The van der Waals surface area contributed by atoms with Crippen molar-refractivity contribution in [3.63, 3.8) is 0 Å². The maximum Gasteiger partial charge on any atom is 0.254 e. The van der Waals surface area contributed by atoms with Crippen molar-refractivity contribution in [1.29, 1.82) is 0 Å². The van der Waals surface area contributed by atoms with Gasteiger partial charge in [0, 0.05) is 60.7 Å². The van der Waals surface area contributed by atoms with Crippen LogP contribution >= 0.6 is 0 Å². The SMILES string of the molecule is CS(=O)(=O)N(Cc1cccnc1)C1CCCN(C(=O)c2cccc3[nH]ccc23)C1. The number of amides is 1. The molecule has 0 bridgehead atoms. The zero-order chi connectivity index (χ0) is 20.4. The van der Waals surface area contributed by atoms with Gasteiger partial charge >= 0.3 is 0 Å². The van der Waals surface area contributed by atoms with E-state index in [-0.39, 0.29) is 18.5 Å². The molecule has 29 heavy (non-hydrogen) atoms. The van der Waals surface area contributed by atoms with Crippen molar-refractivity contribution < 1.29 is 13.2 Å². The summed E-state index contributed by atoms with van der Waals surface area (Å²) in [5.74, 6) is -0.0604. The molecule has 3 heterocycles. The summed E-state index contributed by atoms with van der Waals surface area (Å²) in [7, 11) is -3.44. The van der Waals surface area contributed by atoms with Crippen molar-refractivity contribution in [2.45, 2.75) is 25.4 Å². The molecule has 1 atom stereocenters. The number of nitrogens with one attached hydrogen (secondary N) is 1. The van der Waals surface area contributed by atoms with E-state index in [1.165, 1.54) is 10.6 Å². The third-order valence-electron chi connectivity index (χ3n) is 5.40. The maximum atomic E-state index is 13.2. The highest BCUT2D eigenvalue weighted by molar-refractivity contribution is 7.88. The van der Waals surface area contributed by atoms with Crippen LogP contribution < -0.4 is 0 Å². The summed E-state index contributed by atoms with van der Waals surface area (Å²) in [5, 5.41) is 0.884. The second kappa shape index (κ2) is 7.96. The monoisotopic (exact) mass is 412 g/mol. The molecule has 1 aliphatic rings. The Hall–Kier alpha value is -2.71. The van der Waals surface area contributed by atoms with Gasteiger partial charge in [0.15, 0.2) is 0 Å². The van der Waals surface area contributed by atoms with Gasteiger partial charge in [0.25, 0.3) is 5.91 Å². The molecule has 3 aromatic rings. The average molecular weight is 413 g/mol. The number of aromatic nitrogens is 2. The molecule has 1 unspecified atom stereocenters. The largest absolute Gasteiger partial charge is 0.361 e. The van der Waals surface area contributed by atoms with E-state index in [2.05, 4.69) is 9.97 Å². The molecule has 1 N–H and O–H groups in total. The van der Waals surface area contributed by atoms with E-state index in [0.717, 1.165) is 29.3 Å². The molecule has 0 saturated carbocycles. The van der Waals surface area contributed by atoms with Crippen LogP contribution in [0, 0.1) is 0 Å². The molecule has 7 nitrogen and oxygen atoms in total. The average Bonchev–Trinajstić information content (AvgIpc) is 3.20. The Morgan fingerprint density at radius 3 is 2.90 bits per heavy atom. The fraction of sp³-hybridized carbons (Fsp3) is 0.333. The lowest BCUT2D eigenvalue weighted by Crippen LogP contribution is -2.51. The number of aromatic amines is 1. The molecule has 8 heteroatoms. The minimum Gasteiger partial charge on any atom is -0.361 e. The Morgan fingerprint density at radius 2 is 2.14 bits per heavy atom. The van der Waals surface area contributed by atoms with Gasteiger partial charge in [-0.2, -0.15) is 4.31 Å². The van der Waals surface area contributed by atoms with Gasteiger partial charge in [-0.3, -0.25) is 9.78 Å². The van der Waals surface area contributed by atoms with Crippen LogP contribution in [0.2, 0.25) is 0 Å². The molecule has 1 amide bonds. The van der Waals surface area contributed by atoms with Gasteiger partial charge in [-0.15, -0.1) is 0 Å². The highest BCUT2D eigenvalue weighted by Gasteiger charge is 2.33. The quantitative estimate of drug-likeness (QED) is 0.698. The van der Waals surface area contributed by atoms with Crippen LogP contribution in [-0.4, -0.2) is 58.9 Å². The lowest BCUT2D eigenvalue weighted by atomic mass is 10.0. The molecule has 0 aliphatic carbocycles. The number of benzene rings is 1. The van der Waals surface area contributed by atoms with Gasteiger partial charge in [0.1, 0.15) is 0 Å². The molecule has 0 spiro atoms. The zero-order valence-electron chi connectivity index (χ0n) is 16.3. The van der Waals surface area contributed by atoms with Gasteiger partial charge in [0.05, 0.1) is 6.26 Å². The van der Waals surface area contributed by atoms with Crippen molar-refractivity contribution in [2.24, 2.45) is 0 Å². The second-order valence-corrected chi connectivity index (χ2v) is 9.40. The Kier molecular flexibility index (Phi) is 5.38. The number of rotatable bonds is 5. The van der Waals surface area contributed by atoms with E-state index in [0.29, 0.717) is 18.7 Å². The summed E-state index contributed by atoms with van der Waals surface area (Å²) in [6, 6.07) is 10.9. The molecular weight excluding hydrogens is 388 g/mol. The minimum atomic E-state index is -3.44. The minimum absolute atomic E-state index is 0.0604. The van der Waals surface area contributed by atoms with Crippen LogP contribution in [0.5, 0.6) is 0 Å². The maximum absolute atomic E-state index is 13.2. The fourth-order valence-electron chi connectivity index (χ4n) is 4.01. The summed E-state index contributed by atoms with van der Waals surface area (Å²) in [6.45, 7) is 1.26. The van der Waals surface area contributed by atoms with Crippen LogP contribution in [-0.2, 0) is 16.6 Å². The normalized spacial score (nSPS) is 17.7. The van der Waals surface area contributed by atoms with Crippen LogP contribution in [0.3, 0.4) is 0 Å². The third-order valence-corrected chi connectivity index (χ3v) is 6.68. The number of carbonyl (C=O) groups is 1. The number of hydrogen-bond donors (Lipinski definition) is 1. The topological polar surface area (TPSA) is 86.4 Å². The lowest BCUT2D eigenvalue weighted by molar-refractivity contribution is 0.0653. The highest BCUT2D eigenvalue weighted by atomic mass is 32.2. The van der Waals surface area contributed by atoms with E-state index in [1.54, 1.807) is 23.4 Å². The number of nitrogens with zero attached hydrogens (tertiary/aromatic N) is 3. The summed E-state index contributed by atoms with van der Waals surface area (Å²) >= 11 is 0. The standard InChI is InChI=1S/C21H24N4O3S/c1-29(27,28)25(14-16-5-3-10-22-13-16)17-6-4-12-24(15-17)21(26)19-7-2-8-20-18(19)9-11-23-20/h2-3,5,7-11,13,17,23H,4,6,12,14-15H2,1H3. The number of likely N-dealkylation sites (tertiary alicyclic amines) is 1. The number of fused-ring (bicyclic) bond motifs is 1. The first-order valence-electron chi connectivity index (χ1n) is 9.64. The summed E-state index contributed by atoms with van der Waals surface area (Å²) in [6.07, 6.45) is 7.88. The van der Waals surface area contributed by atoms with Gasteiger partial charge < -0.3 is 9.88 Å². The predicted molar refractivity (Wildman–Crippen MR) is 112 cm³/mol. The molecule has 1 aromatic carbocycles. The number of pyridine rings is 1. The van der Waals surface area contributed by atoms with E-state index in [9.17, 15) is 13.2 Å². The van der Waals surface area contributed by atoms with Crippen molar-refractivity contribution in [1.82, 2.24) is 19.2 Å². The summed E-state index contributed by atoms with van der Waals surface area (Å²) in [4.78, 5) is 22.2. The van der Waals surface area contributed by atoms with Crippen molar-refractivity contribution in [3.8, 4) is 0 Å². The Labute approximate surface area is 170 Å². The first-order chi connectivity index (χ1) is 13.9. The van der Waals surface area contributed by atoms with Gasteiger partial charge in [-0.05, 0) is 42.7 Å². The first kappa shape index (κ1) is 19.6. The summed E-state index contributed by atoms with van der Waals surface area (Å²) in [5.41, 5.74) is 2.39.